The van der Waals surface area contributed by atoms with E-state index in [4.69, 9.17) is 32.7 Å². The van der Waals surface area contributed by atoms with Gasteiger partial charge in [0.25, 0.3) is 0 Å². The number of hydrogen-bond donors (Lipinski definition) is 2. The highest BCUT2D eigenvalue weighted by molar-refractivity contribution is 6.31. The Bertz CT molecular complexity index is 1120. The van der Waals surface area contributed by atoms with Gasteiger partial charge in [0.2, 0.25) is 11.8 Å². The van der Waals surface area contributed by atoms with Gasteiger partial charge in [0.15, 0.2) is 0 Å². The third kappa shape index (κ3) is 10.3. The Balaban J connectivity index is 1.26. The Kier molecular flexibility index (Phi) is 11.8. The van der Waals surface area contributed by atoms with Gasteiger partial charge < -0.3 is 20.1 Å². The molecule has 6 nitrogen and oxygen atoms in total. The van der Waals surface area contributed by atoms with Crippen molar-refractivity contribution < 1.29 is 19.1 Å². The molecule has 0 unspecified atom stereocenters. The molecule has 0 saturated carbocycles. The van der Waals surface area contributed by atoms with Crippen molar-refractivity contribution in [2.24, 2.45) is 0 Å². The van der Waals surface area contributed by atoms with E-state index in [9.17, 15) is 9.59 Å². The molecule has 202 valence electrons. The number of aryl methyl sites for hydroxylation is 2. The van der Waals surface area contributed by atoms with Crippen molar-refractivity contribution >= 4 is 35.0 Å². The highest BCUT2D eigenvalue weighted by Gasteiger charge is 2.06. The molecular weight excluding hydrogens is 523 g/mol. The van der Waals surface area contributed by atoms with E-state index in [2.05, 4.69) is 10.6 Å². The minimum atomic E-state index is -0.0204. The molecule has 0 atom stereocenters. The lowest BCUT2D eigenvalue weighted by Gasteiger charge is -2.10. The van der Waals surface area contributed by atoms with E-state index < -0.39 is 0 Å². The van der Waals surface area contributed by atoms with Gasteiger partial charge in [-0.25, -0.2) is 0 Å². The van der Waals surface area contributed by atoms with Gasteiger partial charge in [-0.2, -0.15) is 0 Å². The van der Waals surface area contributed by atoms with Crippen LogP contribution in [0.2, 0.25) is 10.0 Å². The molecule has 0 heterocycles. The molecule has 0 aliphatic heterocycles. The average molecular weight is 558 g/mol. The molecule has 3 aromatic rings. The summed E-state index contributed by atoms with van der Waals surface area (Å²) in [5.41, 5.74) is 3.94. The van der Waals surface area contributed by atoms with Crippen molar-refractivity contribution in [1.82, 2.24) is 10.6 Å². The van der Waals surface area contributed by atoms with Crippen molar-refractivity contribution in [2.75, 3.05) is 13.2 Å². The first-order valence-corrected chi connectivity index (χ1v) is 13.4. The van der Waals surface area contributed by atoms with Crippen LogP contribution in [0.15, 0.2) is 60.7 Å². The summed E-state index contributed by atoms with van der Waals surface area (Å²) in [5.74, 6) is 1.52. The lowest BCUT2D eigenvalue weighted by atomic mass is 10.1. The molecule has 0 bridgehead atoms. The standard InChI is InChI=1S/C30H34Cl2N2O4/c1-21-17-25(31)11-13-27(21)37-15-3-5-29(35)33-19-23-7-9-24(10-8-23)20-34-30(36)6-4-16-38-28-14-12-26(32)18-22(28)2/h7-14,17-18H,3-6,15-16,19-20H2,1-2H3,(H,33,35)(H,34,36). The van der Waals surface area contributed by atoms with E-state index in [0.717, 1.165) is 33.8 Å². The van der Waals surface area contributed by atoms with Gasteiger partial charge in [-0.3, -0.25) is 9.59 Å². The first-order valence-electron chi connectivity index (χ1n) is 12.7. The summed E-state index contributed by atoms with van der Waals surface area (Å²) >= 11 is 11.9. The predicted octanol–water partition coefficient (Wildman–Crippen LogP) is 6.56. The van der Waals surface area contributed by atoms with E-state index in [1.807, 2.05) is 62.4 Å². The maximum Gasteiger partial charge on any atom is 0.220 e. The maximum atomic E-state index is 12.2. The zero-order valence-corrected chi connectivity index (χ0v) is 23.3. The van der Waals surface area contributed by atoms with Gasteiger partial charge in [0, 0.05) is 36.0 Å². The first-order chi connectivity index (χ1) is 18.3. The van der Waals surface area contributed by atoms with Gasteiger partial charge >= 0.3 is 0 Å². The third-order valence-corrected chi connectivity index (χ3v) is 6.36. The Morgan fingerprint density at radius 1 is 0.658 bits per heavy atom. The van der Waals surface area contributed by atoms with Crippen LogP contribution in [0.3, 0.4) is 0 Å². The zero-order chi connectivity index (χ0) is 27.3. The van der Waals surface area contributed by atoms with Crippen molar-refractivity contribution in [3.63, 3.8) is 0 Å². The Hall–Kier alpha value is -3.22. The second-order valence-electron chi connectivity index (χ2n) is 9.09. The first kappa shape index (κ1) is 29.3. The number of amides is 2. The van der Waals surface area contributed by atoms with Gasteiger partial charge in [-0.05, 0) is 85.3 Å². The fraction of sp³-hybridized carbons (Fsp3) is 0.333. The van der Waals surface area contributed by atoms with Gasteiger partial charge in [-0.1, -0.05) is 47.5 Å². The summed E-state index contributed by atoms with van der Waals surface area (Å²) in [7, 11) is 0. The minimum Gasteiger partial charge on any atom is -0.493 e. The quantitative estimate of drug-likeness (QED) is 0.220. The summed E-state index contributed by atoms with van der Waals surface area (Å²) in [6.45, 7) is 5.71. The van der Waals surface area contributed by atoms with E-state index >= 15 is 0 Å². The molecule has 3 aromatic carbocycles. The number of carbonyl (C=O) groups is 2. The molecule has 0 fully saturated rings. The van der Waals surface area contributed by atoms with E-state index in [-0.39, 0.29) is 11.8 Å². The molecule has 0 spiro atoms. The summed E-state index contributed by atoms with van der Waals surface area (Å²) in [6.07, 6.45) is 2.03. The number of benzene rings is 3. The second-order valence-corrected chi connectivity index (χ2v) is 9.97. The van der Waals surface area contributed by atoms with Crippen molar-refractivity contribution in [3.8, 4) is 11.5 Å². The van der Waals surface area contributed by atoms with Crippen LogP contribution in [0.1, 0.15) is 47.9 Å². The summed E-state index contributed by atoms with van der Waals surface area (Å²) in [6, 6.07) is 18.8. The van der Waals surface area contributed by atoms with E-state index in [1.165, 1.54) is 0 Å². The topological polar surface area (TPSA) is 76.7 Å². The van der Waals surface area contributed by atoms with Crippen molar-refractivity contribution in [2.45, 2.75) is 52.6 Å². The van der Waals surface area contributed by atoms with Gasteiger partial charge in [0.1, 0.15) is 11.5 Å². The van der Waals surface area contributed by atoms with Crippen LogP contribution in [-0.4, -0.2) is 25.0 Å². The Morgan fingerprint density at radius 2 is 1.05 bits per heavy atom. The molecule has 0 aliphatic carbocycles. The highest BCUT2D eigenvalue weighted by Crippen LogP contribution is 2.23. The van der Waals surface area contributed by atoms with Crippen molar-refractivity contribution in [1.29, 1.82) is 0 Å². The average Bonchev–Trinajstić information content (AvgIpc) is 2.89. The van der Waals surface area contributed by atoms with Crippen molar-refractivity contribution in [3.05, 3.63) is 93.0 Å². The number of hydrogen-bond acceptors (Lipinski definition) is 4. The molecule has 0 aromatic heterocycles. The monoisotopic (exact) mass is 556 g/mol. The maximum absolute atomic E-state index is 12.2. The molecule has 8 heteroatoms. The number of carbonyl (C=O) groups excluding carboxylic acids is 2. The highest BCUT2D eigenvalue weighted by atomic mass is 35.5. The lowest BCUT2D eigenvalue weighted by molar-refractivity contribution is -0.122. The lowest BCUT2D eigenvalue weighted by Crippen LogP contribution is -2.23. The van der Waals surface area contributed by atoms with Crippen LogP contribution >= 0.6 is 23.2 Å². The number of rotatable bonds is 14. The number of halogens is 2. The summed E-state index contributed by atoms with van der Waals surface area (Å²) < 4.78 is 11.5. The minimum absolute atomic E-state index is 0.0204. The van der Waals surface area contributed by atoms with Crippen LogP contribution in [0.25, 0.3) is 0 Å². The molecule has 2 amide bonds. The molecular formula is C30H34Cl2N2O4. The zero-order valence-electron chi connectivity index (χ0n) is 21.8. The largest absolute Gasteiger partial charge is 0.493 e. The van der Waals surface area contributed by atoms with Gasteiger partial charge in [-0.15, -0.1) is 0 Å². The molecule has 0 aliphatic rings. The van der Waals surface area contributed by atoms with Crippen LogP contribution in [0, 0.1) is 13.8 Å². The van der Waals surface area contributed by atoms with Crippen LogP contribution in [-0.2, 0) is 22.7 Å². The smallest absolute Gasteiger partial charge is 0.220 e. The number of ether oxygens (including phenoxy) is 2. The normalized spacial score (nSPS) is 10.6. The van der Waals surface area contributed by atoms with E-state index in [1.54, 1.807) is 12.1 Å². The fourth-order valence-corrected chi connectivity index (χ4v) is 4.19. The van der Waals surface area contributed by atoms with E-state index in [0.29, 0.717) is 62.0 Å². The predicted molar refractivity (Wildman–Crippen MR) is 152 cm³/mol. The van der Waals surface area contributed by atoms with Gasteiger partial charge in [0.05, 0.1) is 13.2 Å². The van der Waals surface area contributed by atoms with Crippen LogP contribution in [0.5, 0.6) is 11.5 Å². The fourth-order valence-electron chi connectivity index (χ4n) is 3.73. The molecule has 2 N–H and O–H groups in total. The SMILES string of the molecule is Cc1cc(Cl)ccc1OCCCC(=O)NCc1ccc(CNC(=O)CCCOc2ccc(Cl)cc2C)cc1. The van der Waals surface area contributed by atoms with Crippen LogP contribution in [0.4, 0.5) is 0 Å². The molecule has 38 heavy (non-hydrogen) atoms. The van der Waals surface area contributed by atoms with Crippen LogP contribution < -0.4 is 20.1 Å². The molecule has 0 radical (unpaired) electrons. The summed E-state index contributed by atoms with van der Waals surface area (Å²) in [5, 5.41) is 7.22. The number of nitrogens with one attached hydrogen (secondary N) is 2. The third-order valence-electron chi connectivity index (χ3n) is 5.89. The molecule has 0 saturated heterocycles. The second kappa shape index (κ2) is 15.3. The summed E-state index contributed by atoms with van der Waals surface area (Å²) in [4.78, 5) is 24.3. The molecule has 3 rings (SSSR count). The Labute approximate surface area is 234 Å². The Morgan fingerprint density at radius 3 is 1.42 bits per heavy atom.